The minimum atomic E-state index is -0.302. The van der Waals surface area contributed by atoms with Crippen LogP contribution in [0, 0.1) is 0 Å². The maximum atomic E-state index is 11.6. The molecule has 0 aromatic heterocycles. The first-order chi connectivity index (χ1) is 10.2. The number of benzene rings is 2. The summed E-state index contributed by atoms with van der Waals surface area (Å²) in [7, 11) is 0. The van der Waals surface area contributed by atoms with E-state index in [9.17, 15) is 9.59 Å². The van der Waals surface area contributed by atoms with E-state index in [2.05, 4.69) is 6.07 Å². The van der Waals surface area contributed by atoms with Crippen molar-refractivity contribution in [3.8, 4) is 11.1 Å². The van der Waals surface area contributed by atoms with Crippen LogP contribution in [0.25, 0.3) is 11.1 Å². The molecular weight excluding hydrogens is 264 g/mol. The fourth-order valence-electron chi connectivity index (χ4n) is 2.65. The highest BCUT2D eigenvalue weighted by molar-refractivity contribution is 6.01. The highest BCUT2D eigenvalue weighted by atomic mass is 16.5. The lowest BCUT2D eigenvalue weighted by Crippen LogP contribution is -2.04. The molecule has 1 aliphatic rings. The van der Waals surface area contributed by atoms with Crippen LogP contribution >= 0.6 is 0 Å². The lowest BCUT2D eigenvalue weighted by Gasteiger charge is -2.06. The van der Waals surface area contributed by atoms with Crippen LogP contribution in [0.5, 0.6) is 0 Å². The predicted molar refractivity (Wildman–Crippen MR) is 80.5 cm³/mol. The summed E-state index contributed by atoms with van der Waals surface area (Å²) in [5.41, 5.74) is 4.62. The number of esters is 1. The molecule has 106 valence electrons. The number of rotatable bonds is 3. The Balaban J connectivity index is 1.88. The van der Waals surface area contributed by atoms with Crippen LogP contribution in [0.2, 0.25) is 0 Å². The van der Waals surface area contributed by atoms with Gasteiger partial charge in [-0.3, -0.25) is 4.79 Å². The Bertz CT molecular complexity index is 699. The molecule has 2 aromatic carbocycles. The van der Waals surface area contributed by atoms with Gasteiger partial charge in [0.05, 0.1) is 12.2 Å². The summed E-state index contributed by atoms with van der Waals surface area (Å²) >= 11 is 0. The Morgan fingerprint density at radius 2 is 1.76 bits per heavy atom. The third-order valence-electron chi connectivity index (χ3n) is 3.76. The molecular formula is C18H16O3. The lowest BCUT2D eigenvalue weighted by atomic mass is 9.99. The van der Waals surface area contributed by atoms with Gasteiger partial charge in [-0.2, -0.15) is 0 Å². The van der Waals surface area contributed by atoms with Crippen LogP contribution in [0.1, 0.15) is 39.6 Å². The third kappa shape index (κ3) is 2.59. The zero-order valence-electron chi connectivity index (χ0n) is 11.9. The molecule has 1 aliphatic carbocycles. The van der Waals surface area contributed by atoms with Gasteiger partial charge in [0.15, 0.2) is 5.78 Å². The molecule has 0 atom stereocenters. The van der Waals surface area contributed by atoms with Crippen molar-refractivity contribution in [2.24, 2.45) is 0 Å². The second-order valence-electron chi connectivity index (χ2n) is 5.09. The van der Waals surface area contributed by atoms with Gasteiger partial charge in [-0.1, -0.05) is 30.3 Å². The highest BCUT2D eigenvalue weighted by Crippen LogP contribution is 2.28. The maximum absolute atomic E-state index is 11.6. The van der Waals surface area contributed by atoms with Crippen molar-refractivity contribution in [3.05, 3.63) is 59.2 Å². The quantitative estimate of drug-likeness (QED) is 0.806. The molecule has 3 heteroatoms. The van der Waals surface area contributed by atoms with E-state index in [-0.39, 0.29) is 11.8 Å². The fraction of sp³-hybridized carbons (Fsp3) is 0.222. The molecule has 0 amide bonds. The van der Waals surface area contributed by atoms with Gasteiger partial charge in [0.25, 0.3) is 0 Å². The van der Waals surface area contributed by atoms with Crippen molar-refractivity contribution in [3.63, 3.8) is 0 Å². The van der Waals surface area contributed by atoms with E-state index in [1.165, 1.54) is 0 Å². The molecule has 2 aromatic rings. The standard InChI is InChI=1S/C18H16O3/c1-2-21-18(20)13-5-3-12(4-6-13)14-7-9-16-15(11-14)8-10-17(16)19/h3-7,9,11H,2,8,10H2,1H3. The Labute approximate surface area is 123 Å². The molecule has 0 saturated heterocycles. The van der Waals surface area contributed by atoms with Crippen molar-refractivity contribution in [1.82, 2.24) is 0 Å². The van der Waals surface area contributed by atoms with Crippen LogP contribution < -0.4 is 0 Å². The van der Waals surface area contributed by atoms with E-state index < -0.39 is 0 Å². The number of fused-ring (bicyclic) bond motifs is 1. The van der Waals surface area contributed by atoms with Crippen molar-refractivity contribution in [1.29, 1.82) is 0 Å². The largest absolute Gasteiger partial charge is 0.462 e. The molecule has 0 saturated carbocycles. The molecule has 3 rings (SSSR count). The van der Waals surface area contributed by atoms with E-state index >= 15 is 0 Å². The minimum absolute atomic E-state index is 0.231. The van der Waals surface area contributed by atoms with E-state index in [1.807, 2.05) is 24.3 Å². The maximum Gasteiger partial charge on any atom is 0.338 e. The smallest absolute Gasteiger partial charge is 0.338 e. The first-order valence-electron chi connectivity index (χ1n) is 7.12. The Morgan fingerprint density at radius 3 is 2.48 bits per heavy atom. The van der Waals surface area contributed by atoms with Gasteiger partial charge in [-0.15, -0.1) is 0 Å². The Morgan fingerprint density at radius 1 is 1.05 bits per heavy atom. The van der Waals surface area contributed by atoms with Crippen LogP contribution in [0.4, 0.5) is 0 Å². The third-order valence-corrected chi connectivity index (χ3v) is 3.76. The first-order valence-corrected chi connectivity index (χ1v) is 7.12. The summed E-state index contributed by atoms with van der Waals surface area (Å²) in [6.45, 7) is 2.16. The zero-order valence-corrected chi connectivity index (χ0v) is 11.9. The van der Waals surface area contributed by atoms with E-state index in [0.29, 0.717) is 18.6 Å². The number of hydrogen-bond donors (Lipinski definition) is 0. The topological polar surface area (TPSA) is 43.4 Å². The molecule has 0 bridgehead atoms. The minimum Gasteiger partial charge on any atom is -0.462 e. The first kappa shape index (κ1) is 13.6. The number of hydrogen-bond acceptors (Lipinski definition) is 3. The second kappa shape index (κ2) is 5.52. The SMILES string of the molecule is CCOC(=O)c1ccc(-c2ccc3c(c2)CCC3=O)cc1. The van der Waals surface area contributed by atoms with Crippen molar-refractivity contribution < 1.29 is 14.3 Å². The molecule has 0 aliphatic heterocycles. The molecule has 0 N–H and O–H groups in total. The van der Waals surface area contributed by atoms with Gasteiger partial charge in [-0.25, -0.2) is 4.79 Å². The van der Waals surface area contributed by atoms with E-state index in [0.717, 1.165) is 28.7 Å². The molecule has 0 fully saturated rings. The molecule has 0 radical (unpaired) electrons. The summed E-state index contributed by atoms with van der Waals surface area (Å²) in [6, 6.07) is 13.3. The number of ketones is 1. The van der Waals surface area contributed by atoms with Gasteiger partial charge in [0.2, 0.25) is 0 Å². The van der Waals surface area contributed by atoms with Crippen LogP contribution in [-0.2, 0) is 11.2 Å². The number of aryl methyl sites for hydroxylation is 1. The second-order valence-corrected chi connectivity index (χ2v) is 5.09. The molecule has 21 heavy (non-hydrogen) atoms. The summed E-state index contributed by atoms with van der Waals surface area (Å²) in [5, 5.41) is 0. The van der Waals surface area contributed by atoms with Gasteiger partial charge in [-0.05, 0) is 42.2 Å². The Hall–Kier alpha value is -2.42. The molecule has 0 unspecified atom stereocenters. The number of ether oxygens (including phenoxy) is 1. The van der Waals surface area contributed by atoms with Crippen molar-refractivity contribution in [2.75, 3.05) is 6.61 Å². The lowest BCUT2D eigenvalue weighted by molar-refractivity contribution is 0.0526. The summed E-state index contributed by atoms with van der Waals surface area (Å²) in [4.78, 5) is 23.3. The number of Topliss-reactive ketones (excluding diaryl/α,β-unsaturated/α-hetero) is 1. The molecule has 3 nitrogen and oxygen atoms in total. The van der Waals surface area contributed by atoms with Crippen LogP contribution in [0.15, 0.2) is 42.5 Å². The van der Waals surface area contributed by atoms with E-state index in [1.54, 1.807) is 19.1 Å². The number of carbonyl (C=O) groups is 2. The summed E-state index contributed by atoms with van der Waals surface area (Å²) in [5.74, 6) is -0.0715. The average Bonchev–Trinajstić information content (AvgIpc) is 2.88. The summed E-state index contributed by atoms with van der Waals surface area (Å²) in [6.07, 6.45) is 1.43. The molecule has 0 spiro atoms. The molecule has 0 heterocycles. The highest BCUT2D eigenvalue weighted by Gasteiger charge is 2.19. The average molecular weight is 280 g/mol. The van der Waals surface area contributed by atoms with Gasteiger partial charge < -0.3 is 4.74 Å². The fourth-order valence-corrected chi connectivity index (χ4v) is 2.65. The van der Waals surface area contributed by atoms with E-state index in [4.69, 9.17) is 4.74 Å². The van der Waals surface area contributed by atoms with Crippen molar-refractivity contribution >= 4 is 11.8 Å². The summed E-state index contributed by atoms with van der Waals surface area (Å²) < 4.78 is 4.97. The normalized spacial score (nSPS) is 13.1. The predicted octanol–water partition coefficient (Wildman–Crippen LogP) is 3.66. The van der Waals surface area contributed by atoms with Gasteiger partial charge in [0, 0.05) is 12.0 Å². The Kier molecular flexibility index (Phi) is 3.57. The zero-order chi connectivity index (χ0) is 14.8. The van der Waals surface area contributed by atoms with Gasteiger partial charge >= 0.3 is 5.97 Å². The van der Waals surface area contributed by atoms with Crippen LogP contribution in [-0.4, -0.2) is 18.4 Å². The van der Waals surface area contributed by atoms with Gasteiger partial charge in [0.1, 0.15) is 0 Å². The monoisotopic (exact) mass is 280 g/mol. The van der Waals surface area contributed by atoms with Crippen molar-refractivity contribution in [2.45, 2.75) is 19.8 Å². The van der Waals surface area contributed by atoms with Crippen LogP contribution in [0.3, 0.4) is 0 Å². The number of carbonyl (C=O) groups excluding carboxylic acids is 2.